The lowest BCUT2D eigenvalue weighted by Gasteiger charge is -2.31. The van der Waals surface area contributed by atoms with Crippen molar-refractivity contribution in [3.05, 3.63) is 12.2 Å². The number of ether oxygens (including phenoxy) is 1. The quantitative estimate of drug-likeness (QED) is 0.117. The Labute approximate surface area is 186 Å². The summed E-state index contributed by atoms with van der Waals surface area (Å²) in [4.78, 5) is 11.8. The molecule has 5 heteroatoms. The van der Waals surface area contributed by atoms with Crippen molar-refractivity contribution in [2.24, 2.45) is 0 Å². The molecule has 30 heavy (non-hydrogen) atoms. The Morgan fingerprint density at radius 1 is 0.900 bits per heavy atom. The maximum atomic E-state index is 11.8. The molecule has 2 N–H and O–H groups in total. The van der Waals surface area contributed by atoms with Crippen LogP contribution in [-0.4, -0.2) is 67.2 Å². The number of quaternary nitrogens is 1. The molecule has 0 saturated heterocycles. The third-order valence-electron chi connectivity index (χ3n) is 5.52. The molecule has 0 rings (SSSR count). The van der Waals surface area contributed by atoms with E-state index in [0.717, 1.165) is 12.8 Å². The van der Waals surface area contributed by atoms with E-state index in [0.29, 0.717) is 30.6 Å². The fraction of sp³-hybridized carbons (Fsp3) is 0.880. The van der Waals surface area contributed by atoms with Gasteiger partial charge in [0.1, 0.15) is 25.8 Å². The monoisotopic (exact) mass is 428 g/mol. The molecule has 0 fully saturated rings. The van der Waals surface area contributed by atoms with Gasteiger partial charge in [-0.25, -0.2) is 0 Å². The third-order valence-corrected chi connectivity index (χ3v) is 5.52. The Morgan fingerprint density at radius 3 is 2.00 bits per heavy atom. The van der Waals surface area contributed by atoms with Crippen LogP contribution in [0.3, 0.4) is 0 Å². The fourth-order valence-electron chi connectivity index (χ4n) is 3.54. The molecule has 0 aliphatic carbocycles. The predicted molar refractivity (Wildman–Crippen MR) is 125 cm³/mol. The van der Waals surface area contributed by atoms with E-state index >= 15 is 0 Å². The van der Waals surface area contributed by atoms with Gasteiger partial charge in [0.2, 0.25) is 0 Å². The van der Waals surface area contributed by atoms with Gasteiger partial charge < -0.3 is 19.4 Å². The van der Waals surface area contributed by atoms with Crippen LogP contribution in [0, 0.1) is 0 Å². The first-order chi connectivity index (χ1) is 14.4. The molecule has 0 aliphatic rings. The molecule has 0 amide bonds. The summed E-state index contributed by atoms with van der Waals surface area (Å²) in [6.07, 6.45) is 20.7. The van der Waals surface area contributed by atoms with Gasteiger partial charge in [-0.2, -0.15) is 0 Å². The molecular formula is C25H50NO4+. The summed E-state index contributed by atoms with van der Waals surface area (Å²) in [5.74, 6) is -0.129. The Bertz CT molecular complexity index is 423. The Morgan fingerprint density at radius 2 is 1.43 bits per heavy atom. The van der Waals surface area contributed by atoms with Gasteiger partial charge >= 0.3 is 5.97 Å². The molecule has 0 saturated carbocycles. The van der Waals surface area contributed by atoms with E-state index in [1.165, 1.54) is 70.6 Å². The van der Waals surface area contributed by atoms with E-state index in [1.54, 1.807) is 0 Å². The van der Waals surface area contributed by atoms with Crippen molar-refractivity contribution in [1.29, 1.82) is 0 Å². The number of hydrogen-bond donors (Lipinski definition) is 2. The topological polar surface area (TPSA) is 66.8 Å². The van der Waals surface area contributed by atoms with E-state index < -0.39 is 6.10 Å². The first kappa shape index (κ1) is 29.1. The number of unbranched alkanes of at least 4 members (excludes halogenated alkanes) is 11. The normalized spacial score (nSPS) is 13.1. The summed E-state index contributed by atoms with van der Waals surface area (Å²) in [7, 11) is 3.91. The molecular weight excluding hydrogens is 378 g/mol. The molecule has 0 radical (unpaired) electrons. The number of hydrogen-bond acceptors (Lipinski definition) is 4. The minimum atomic E-state index is -0.730. The van der Waals surface area contributed by atoms with Gasteiger partial charge in [0.05, 0.1) is 20.7 Å². The summed E-state index contributed by atoms with van der Waals surface area (Å²) < 4.78 is 5.82. The van der Waals surface area contributed by atoms with Crippen molar-refractivity contribution in [2.45, 2.75) is 103 Å². The molecule has 0 spiro atoms. The van der Waals surface area contributed by atoms with Crippen LogP contribution < -0.4 is 0 Å². The molecule has 178 valence electrons. The molecule has 0 aromatic carbocycles. The van der Waals surface area contributed by atoms with Gasteiger partial charge in [-0.05, 0) is 32.1 Å². The maximum Gasteiger partial charge on any atom is 0.305 e. The lowest BCUT2D eigenvalue weighted by atomic mass is 10.1. The average Bonchev–Trinajstić information content (AvgIpc) is 2.70. The predicted octanol–water partition coefficient (Wildman–Crippen LogP) is 5.00. The van der Waals surface area contributed by atoms with Crippen LogP contribution in [-0.2, 0) is 9.53 Å². The number of nitrogens with zero attached hydrogens (tertiary/aromatic N) is 1. The fourth-order valence-corrected chi connectivity index (χ4v) is 3.54. The van der Waals surface area contributed by atoms with E-state index in [4.69, 9.17) is 9.84 Å². The highest BCUT2D eigenvalue weighted by Gasteiger charge is 2.20. The minimum Gasteiger partial charge on any atom is -0.460 e. The number of carbonyl (C=O) groups excluding carboxylic acids is 1. The van der Waals surface area contributed by atoms with Crippen molar-refractivity contribution in [1.82, 2.24) is 0 Å². The number of rotatable bonds is 21. The molecule has 0 aliphatic heterocycles. The zero-order valence-electron chi connectivity index (χ0n) is 20.1. The molecule has 5 nitrogen and oxygen atoms in total. The number of aliphatic hydroxyl groups excluding tert-OH is 2. The number of aliphatic hydroxyl groups is 2. The first-order valence-electron chi connectivity index (χ1n) is 12.3. The van der Waals surface area contributed by atoms with Crippen LogP contribution in [0.1, 0.15) is 96.8 Å². The van der Waals surface area contributed by atoms with Gasteiger partial charge in [-0.3, -0.25) is 4.79 Å². The average molecular weight is 429 g/mol. The molecule has 0 heterocycles. The van der Waals surface area contributed by atoms with E-state index in [1.807, 2.05) is 14.1 Å². The van der Waals surface area contributed by atoms with Crippen LogP contribution in [0.2, 0.25) is 0 Å². The summed E-state index contributed by atoms with van der Waals surface area (Å²) >= 11 is 0. The van der Waals surface area contributed by atoms with Crippen LogP contribution in [0.15, 0.2) is 12.2 Å². The highest BCUT2D eigenvalue weighted by molar-refractivity contribution is 5.69. The number of allylic oxidation sites excluding steroid dienone is 2. The molecule has 1 atom stereocenters. The van der Waals surface area contributed by atoms with Crippen molar-refractivity contribution in [3.8, 4) is 0 Å². The zero-order valence-corrected chi connectivity index (χ0v) is 20.1. The van der Waals surface area contributed by atoms with Crippen LogP contribution in [0.25, 0.3) is 0 Å². The standard InChI is InChI=1S/C25H50NO4/c1-4-5-6-7-8-9-10-11-12-13-14-15-16-17-18-19-25(29)30-21-20-26(2,3)22-24(28)23-27/h11-12,24,27-28H,4-10,13-23H2,1-3H3/q+1/b12-11-. The molecule has 1 unspecified atom stereocenters. The summed E-state index contributed by atoms with van der Waals surface area (Å²) in [5, 5.41) is 18.5. The van der Waals surface area contributed by atoms with Crippen molar-refractivity contribution in [3.63, 3.8) is 0 Å². The number of likely N-dealkylation sites (N-methyl/N-ethyl adjacent to an activating group) is 1. The van der Waals surface area contributed by atoms with Crippen LogP contribution in [0.5, 0.6) is 0 Å². The zero-order chi connectivity index (χ0) is 22.5. The summed E-state index contributed by atoms with van der Waals surface area (Å²) in [6.45, 7) is 3.46. The number of carbonyl (C=O) groups is 1. The van der Waals surface area contributed by atoms with Crippen LogP contribution >= 0.6 is 0 Å². The Kier molecular flexibility index (Phi) is 19.4. The lowest BCUT2D eigenvalue weighted by molar-refractivity contribution is -0.893. The third kappa shape index (κ3) is 20.4. The van der Waals surface area contributed by atoms with Crippen molar-refractivity contribution >= 4 is 5.97 Å². The largest absolute Gasteiger partial charge is 0.460 e. The second kappa shape index (κ2) is 20.0. The van der Waals surface area contributed by atoms with E-state index in [2.05, 4.69) is 19.1 Å². The molecule has 0 aromatic rings. The van der Waals surface area contributed by atoms with Gasteiger partial charge in [0, 0.05) is 6.42 Å². The SMILES string of the molecule is CCCCCCCC/C=C\CCCCCCCC(=O)OCC[N+](C)(C)CC(O)CO. The molecule has 0 aromatic heterocycles. The minimum absolute atomic E-state index is 0.129. The van der Waals surface area contributed by atoms with Gasteiger partial charge in [-0.15, -0.1) is 0 Å². The smallest absolute Gasteiger partial charge is 0.305 e. The summed E-state index contributed by atoms with van der Waals surface area (Å²) in [5.41, 5.74) is 0. The maximum absolute atomic E-state index is 11.8. The highest BCUT2D eigenvalue weighted by Crippen LogP contribution is 2.10. The second-order valence-electron chi connectivity index (χ2n) is 9.23. The van der Waals surface area contributed by atoms with E-state index in [9.17, 15) is 9.90 Å². The lowest BCUT2D eigenvalue weighted by Crippen LogP contribution is -2.48. The highest BCUT2D eigenvalue weighted by atomic mass is 16.5. The molecule has 0 bridgehead atoms. The second-order valence-corrected chi connectivity index (χ2v) is 9.23. The first-order valence-corrected chi connectivity index (χ1v) is 12.3. The Hall–Kier alpha value is -0.910. The number of esters is 1. The van der Waals surface area contributed by atoms with Crippen molar-refractivity contribution < 1.29 is 24.2 Å². The van der Waals surface area contributed by atoms with Gasteiger partial charge in [0.25, 0.3) is 0 Å². The summed E-state index contributed by atoms with van der Waals surface area (Å²) in [6, 6.07) is 0. The Balaban J connectivity index is 3.43. The van der Waals surface area contributed by atoms with Crippen LogP contribution in [0.4, 0.5) is 0 Å². The van der Waals surface area contributed by atoms with Gasteiger partial charge in [-0.1, -0.05) is 70.4 Å². The van der Waals surface area contributed by atoms with Crippen molar-refractivity contribution in [2.75, 3.05) is 40.4 Å². The van der Waals surface area contributed by atoms with Gasteiger partial charge in [0.15, 0.2) is 0 Å². The van der Waals surface area contributed by atoms with E-state index in [-0.39, 0.29) is 12.6 Å².